The number of aryl methyl sites for hydroxylation is 1. The summed E-state index contributed by atoms with van der Waals surface area (Å²) in [7, 11) is 0. The van der Waals surface area contributed by atoms with Crippen molar-refractivity contribution in [2.24, 2.45) is 0 Å². The van der Waals surface area contributed by atoms with Gasteiger partial charge in [0.15, 0.2) is 10.1 Å². The molecule has 0 unspecified atom stereocenters. The number of nitrogens with zero attached hydrogens (tertiary/aromatic N) is 2. The Kier molecular flexibility index (Phi) is 5.78. The zero-order valence-electron chi connectivity index (χ0n) is 16.6. The van der Waals surface area contributed by atoms with Gasteiger partial charge in [0.05, 0.1) is 35.4 Å². The molecule has 150 valence electrons. The van der Waals surface area contributed by atoms with Gasteiger partial charge in [-0.2, -0.15) is 0 Å². The van der Waals surface area contributed by atoms with Crippen LogP contribution in [0.3, 0.4) is 0 Å². The summed E-state index contributed by atoms with van der Waals surface area (Å²) >= 11 is 3.08. The topological polar surface area (TPSA) is 57.3 Å². The summed E-state index contributed by atoms with van der Waals surface area (Å²) in [5.41, 5.74) is 3.72. The van der Waals surface area contributed by atoms with E-state index in [4.69, 9.17) is 9.15 Å². The minimum absolute atomic E-state index is 0.114. The van der Waals surface area contributed by atoms with Crippen LogP contribution in [-0.2, 0) is 6.54 Å². The summed E-state index contributed by atoms with van der Waals surface area (Å²) in [5, 5.41) is 0. The SMILES string of the molecule is CCOc1ccc2nc(SCC(=O)c3cc(C)n(Cc4ccco4)c3C)sc2c1. The second kappa shape index (κ2) is 8.47. The number of ketones is 1. The first-order chi connectivity index (χ1) is 14.0. The molecule has 4 rings (SSSR count). The van der Waals surface area contributed by atoms with Gasteiger partial charge in [-0.25, -0.2) is 4.98 Å². The molecule has 29 heavy (non-hydrogen) atoms. The number of fused-ring (bicyclic) bond motifs is 1. The van der Waals surface area contributed by atoms with Gasteiger partial charge in [0.25, 0.3) is 0 Å². The third-order valence-electron chi connectivity index (χ3n) is 4.75. The van der Waals surface area contributed by atoms with Crippen molar-refractivity contribution in [1.29, 1.82) is 0 Å². The van der Waals surface area contributed by atoms with Crippen molar-refractivity contribution in [1.82, 2.24) is 9.55 Å². The van der Waals surface area contributed by atoms with Gasteiger partial charge in [0.2, 0.25) is 0 Å². The van der Waals surface area contributed by atoms with Crippen LogP contribution in [0.5, 0.6) is 5.75 Å². The molecular formula is C22H22N2O3S2. The fourth-order valence-corrected chi connectivity index (χ4v) is 5.27. The standard InChI is InChI=1S/C22H22N2O3S2/c1-4-26-16-7-8-19-21(11-16)29-22(23-19)28-13-20(25)18-10-14(2)24(15(18)3)12-17-6-5-9-27-17/h5-11H,4,12-13H2,1-3H3. The van der Waals surface area contributed by atoms with Crippen LogP contribution in [0.25, 0.3) is 10.2 Å². The highest BCUT2D eigenvalue weighted by Crippen LogP contribution is 2.32. The van der Waals surface area contributed by atoms with E-state index in [0.717, 1.165) is 43.0 Å². The lowest BCUT2D eigenvalue weighted by molar-refractivity contribution is 0.102. The van der Waals surface area contributed by atoms with Crippen molar-refractivity contribution in [2.45, 2.75) is 31.7 Å². The van der Waals surface area contributed by atoms with Crippen molar-refractivity contribution >= 4 is 39.1 Å². The lowest BCUT2D eigenvalue weighted by Crippen LogP contribution is -2.07. The quantitative estimate of drug-likeness (QED) is 0.266. The lowest BCUT2D eigenvalue weighted by Gasteiger charge is -2.07. The highest BCUT2D eigenvalue weighted by molar-refractivity contribution is 8.01. The Hall–Kier alpha value is -2.51. The van der Waals surface area contributed by atoms with Gasteiger partial charge in [-0.15, -0.1) is 11.3 Å². The van der Waals surface area contributed by atoms with Crippen molar-refractivity contribution in [3.63, 3.8) is 0 Å². The molecule has 0 aliphatic rings. The van der Waals surface area contributed by atoms with Crippen molar-refractivity contribution in [3.8, 4) is 5.75 Å². The number of carbonyl (C=O) groups excluding carboxylic acids is 1. The molecule has 3 heterocycles. The average molecular weight is 427 g/mol. The number of rotatable bonds is 8. The van der Waals surface area contributed by atoms with Gasteiger partial charge >= 0.3 is 0 Å². The fraction of sp³-hybridized carbons (Fsp3) is 0.273. The first-order valence-electron chi connectivity index (χ1n) is 9.43. The highest BCUT2D eigenvalue weighted by atomic mass is 32.2. The number of benzene rings is 1. The summed E-state index contributed by atoms with van der Waals surface area (Å²) in [5.74, 6) is 2.20. The minimum Gasteiger partial charge on any atom is -0.494 e. The number of Topliss-reactive ketones (excluding diaryl/α,β-unsaturated/α-hetero) is 1. The Morgan fingerprint density at radius 2 is 2.14 bits per heavy atom. The molecule has 1 aromatic carbocycles. The number of thioether (sulfide) groups is 1. The van der Waals surface area contributed by atoms with E-state index in [1.54, 1.807) is 17.6 Å². The molecule has 0 amide bonds. The lowest BCUT2D eigenvalue weighted by atomic mass is 10.2. The summed E-state index contributed by atoms with van der Waals surface area (Å²) in [4.78, 5) is 17.5. The predicted octanol–water partition coefficient (Wildman–Crippen LogP) is 5.73. The smallest absolute Gasteiger partial charge is 0.174 e. The zero-order valence-corrected chi connectivity index (χ0v) is 18.2. The third-order valence-corrected chi connectivity index (χ3v) is 6.91. The maximum absolute atomic E-state index is 12.9. The summed E-state index contributed by atoms with van der Waals surface area (Å²) in [6.07, 6.45) is 1.67. The molecule has 0 bridgehead atoms. The van der Waals surface area contributed by atoms with Gasteiger partial charge in [0.1, 0.15) is 11.5 Å². The summed E-state index contributed by atoms with van der Waals surface area (Å²) in [6.45, 7) is 7.24. The van der Waals surface area contributed by atoms with E-state index in [2.05, 4.69) is 9.55 Å². The van der Waals surface area contributed by atoms with Crippen LogP contribution in [0.1, 0.15) is 34.4 Å². The fourth-order valence-electron chi connectivity index (χ4n) is 3.29. The Balaban J connectivity index is 1.46. The molecule has 0 saturated heterocycles. The van der Waals surface area contributed by atoms with E-state index in [0.29, 0.717) is 18.9 Å². The van der Waals surface area contributed by atoms with Crippen molar-refractivity contribution < 1.29 is 13.9 Å². The number of thiazole rings is 1. The van der Waals surface area contributed by atoms with Crippen LogP contribution in [-0.4, -0.2) is 27.7 Å². The molecular weight excluding hydrogens is 404 g/mol. The van der Waals surface area contributed by atoms with E-state index < -0.39 is 0 Å². The van der Waals surface area contributed by atoms with Gasteiger partial charge < -0.3 is 13.7 Å². The monoisotopic (exact) mass is 426 g/mol. The Morgan fingerprint density at radius 1 is 1.28 bits per heavy atom. The van der Waals surface area contributed by atoms with Crippen LogP contribution in [0.2, 0.25) is 0 Å². The van der Waals surface area contributed by atoms with Crippen molar-refractivity contribution in [2.75, 3.05) is 12.4 Å². The molecule has 0 aliphatic carbocycles. The molecule has 0 radical (unpaired) electrons. The van der Waals surface area contributed by atoms with E-state index in [1.807, 2.05) is 57.2 Å². The molecule has 0 saturated carbocycles. The van der Waals surface area contributed by atoms with Gasteiger partial charge in [-0.1, -0.05) is 11.8 Å². The first-order valence-corrected chi connectivity index (χ1v) is 11.2. The molecule has 3 aromatic heterocycles. The van der Waals surface area contributed by atoms with Crippen LogP contribution < -0.4 is 4.74 Å². The van der Waals surface area contributed by atoms with E-state index >= 15 is 0 Å². The summed E-state index contributed by atoms with van der Waals surface area (Å²) < 4.78 is 15.1. The second-order valence-corrected chi connectivity index (χ2v) is 8.96. The van der Waals surface area contributed by atoms with Gasteiger partial charge in [-0.3, -0.25) is 4.79 Å². The van der Waals surface area contributed by atoms with Crippen LogP contribution in [0.4, 0.5) is 0 Å². The normalized spacial score (nSPS) is 11.3. The Morgan fingerprint density at radius 3 is 2.90 bits per heavy atom. The molecule has 0 fully saturated rings. The first kappa shape index (κ1) is 19.8. The van der Waals surface area contributed by atoms with Gasteiger partial charge in [-0.05, 0) is 57.2 Å². The molecule has 7 heteroatoms. The molecule has 4 aromatic rings. The average Bonchev–Trinajstić information content (AvgIpc) is 3.42. The van der Waals surface area contributed by atoms with E-state index in [9.17, 15) is 4.79 Å². The molecule has 0 aliphatic heterocycles. The van der Waals surface area contributed by atoms with Gasteiger partial charge in [0, 0.05) is 17.0 Å². The molecule has 0 spiro atoms. The Labute approximate surface area is 177 Å². The predicted molar refractivity (Wildman–Crippen MR) is 118 cm³/mol. The Bertz CT molecular complexity index is 1140. The maximum Gasteiger partial charge on any atom is 0.174 e. The molecule has 5 nitrogen and oxygen atoms in total. The maximum atomic E-state index is 12.9. The van der Waals surface area contributed by atoms with E-state index in [-0.39, 0.29) is 5.78 Å². The third kappa shape index (κ3) is 4.26. The minimum atomic E-state index is 0.114. The number of carbonyl (C=O) groups is 1. The number of furan rings is 1. The number of hydrogen-bond donors (Lipinski definition) is 0. The number of ether oxygens (including phenoxy) is 1. The second-order valence-electron chi connectivity index (χ2n) is 6.70. The van der Waals surface area contributed by atoms with Crippen molar-refractivity contribution in [3.05, 3.63) is 65.4 Å². The highest BCUT2D eigenvalue weighted by Gasteiger charge is 2.17. The molecule has 0 N–H and O–H groups in total. The van der Waals surface area contributed by atoms with E-state index in [1.165, 1.54) is 11.8 Å². The van der Waals surface area contributed by atoms with Crippen LogP contribution in [0, 0.1) is 13.8 Å². The van der Waals surface area contributed by atoms with Crippen LogP contribution in [0.15, 0.2) is 51.4 Å². The largest absolute Gasteiger partial charge is 0.494 e. The zero-order chi connectivity index (χ0) is 20.4. The summed E-state index contributed by atoms with van der Waals surface area (Å²) in [6, 6.07) is 11.7. The number of hydrogen-bond acceptors (Lipinski definition) is 6. The number of aromatic nitrogens is 2. The van der Waals surface area contributed by atoms with Crippen LogP contribution >= 0.6 is 23.1 Å². The molecule has 0 atom stereocenters.